The molecule has 1 aliphatic rings. The van der Waals surface area contributed by atoms with Crippen molar-refractivity contribution in [2.75, 3.05) is 14.2 Å². The van der Waals surface area contributed by atoms with Gasteiger partial charge in [0.2, 0.25) is 0 Å². The molecule has 120 valence electrons. The van der Waals surface area contributed by atoms with Gasteiger partial charge in [0.25, 0.3) is 0 Å². The van der Waals surface area contributed by atoms with E-state index in [0.717, 1.165) is 30.1 Å². The van der Waals surface area contributed by atoms with Crippen LogP contribution in [0.4, 0.5) is 0 Å². The predicted octanol–water partition coefficient (Wildman–Crippen LogP) is 3.59. The molecule has 1 aliphatic carbocycles. The third-order valence-electron chi connectivity index (χ3n) is 4.17. The number of aromatic nitrogens is 1. The first-order valence-corrected chi connectivity index (χ1v) is 8.69. The van der Waals surface area contributed by atoms with Crippen LogP contribution in [0.2, 0.25) is 0 Å². The average Bonchev–Trinajstić information content (AvgIpc) is 2.90. The van der Waals surface area contributed by atoms with E-state index >= 15 is 0 Å². The van der Waals surface area contributed by atoms with E-state index in [2.05, 4.69) is 19.2 Å². The van der Waals surface area contributed by atoms with E-state index in [1.165, 1.54) is 24.1 Å². The van der Waals surface area contributed by atoms with Crippen molar-refractivity contribution in [2.45, 2.75) is 70.7 Å². The number of nitrogens with one attached hydrogen (secondary N) is 1. The molecule has 0 amide bonds. The fraction of sp³-hybridized carbons (Fsp3) is 0.812. The summed E-state index contributed by atoms with van der Waals surface area (Å²) in [4.78, 5) is 6.15. The highest BCUT2D eigenvalue weighted by molar-refractivity contribution is 7.11. The molecule has 1 aromatic rings. The van der Waals surface area contributed by atoms with Crippen molar-refractivity contribution in [1.29, 1.82) is 0 Å². The van der Waals surface area contributed by atoms with E-state index in [0.29, 0.717) is 12.6 Å². The fourth-order valence-corrected chi connectivity index (χ4v) is 4.13. The minimum atomic E-state index is -0.165. The van der Waals surface area contributed by atoms with Crippen LogP contribution in [0, 0.1) is 0 Å². The zero-order chi connectivity index (χ0) is 15.3. The summed E-state index contributed by atoms with van der Waals surface area (Å²) in [5.74, 6) is 0. The minimum absolute atomic E-state index is 0.165. The second-order valence-electron chi connectivity index (χ2n) is 6.12. The normalized spacial score (nSPS) is 18.3. The van der Waals surface area contributed by atoms with Gasteiger partial charge in [-0.1, -0.05) is 33.1 Å². The molecule has 0 aliphatic heterocycles. The van der Waals surface area contributed by atoms with Crippen LogP contribution in [0.15, 0.2) is 0 Å². The van der Waals surface area contributed by atoms with Crippen LogP contribution in [-0.2, 0) is 28.2 Å². The summed E-state index contributed by atoms with van der Waals surface area (Å²) in [6, 6.07) is 0.469. The summed E-state index contributed by atoms with van der Waals surface area (Å²) in [5, 5.41) is 4.62. The van der Waals surface area contributed by atoms with Gasteiger partial charge in [-0.05, 0) is 12.8 Å². The van der Waals surface area contributed by atoms with Gasteiger partial charge in [-0.3, -0.25) is 0 Å². The van der Waals surface area contributed by atoms with Crippen LogP contribution in [-0.4, -0.2) is 25.2 Å². The van der Waals surface area contributed by atoms with Crippen LogP contribution >= 0.6 is 11.3 Å². The number of hydrogen-bond acceptors (Lipinski definition) is 5. The van der Waals surface area contributed by atoms with Crippen LogP contribution < -0.4 is 5.32 Å². The number of ether oxygens (including phenoxy) is 2. The van der Waals surface area contributed by atoms with Gasteiger partial charge < -0.3 is 14.8 Å². The van der Waals surface area contributed by atoms with Crippen molar-refractivity contribution in [3.05, 3.63) is 15.6 Å². The zero-order valence-corrected chi connectivity index (χ0v) is 14.5. The molecule has 0 unspecified atom stereocenters. The fourth-order valence-electron chi connectivity index (χ4n) is 2.89. The maximum absolute atomic E-state index is 5.92. The number of nitrogens with zero attached hydrogens (tertiary/aromatic N) is 1. The topological polar surface area (TPSA) is 43.4 Å². The molecule has 0 radical (unpaired) electrons. The Hall–Kier alpha value is -0.490. The smallest absolute Gasteiger partial charge is 0.125 e. The lowest BCUT2D eigenvalue weighted by molar-refractivity contribution is -0.0448. The Balaban J connectivity index is 2.24. The van der Waals surface area contributed by atoms with Crippen molar-refractivity contribution >= 4 is 11.3 Å². The van der Waals surface area contributed by atoms with Gasteiger partial charge >= 0.3 is 0 Å². The van der Waals surface area contributed by atoms with E-state index in [-0.39, 0.29) is 5.60 Å². The van der Waals surface area contributed by atoms with Gasteiger partial charge in [0.05, 0.1) is 12.3 Å². The van der Waals surface area contributed by atoms with Crippen LogP contribution in [0.5, 0.6) is 0 Å². The standard InChI is InChI=1S/C16H28N2O2S/c1-12(2)17-10-14-13(11-19-3)18-15(21-14)16(20-4)8-6-5-7-9-16/h12,17H,5-11H2,1-4H3. The van der Waals surface area contributed by atoms with Crippen molar-refractivity contribution < 1.29 is 9.47 Å². The molecular weight excluding hydrogens is 284 g/mol. The van der Waals surface area contributed by atoms with Crippen molar-refractivity contribution in [3.8, 4) is 0 Å². The molecule has 1 aromatic heterocycles. The Kier molecular flexibility index (Phi) is 6.17. The molecular formula is C16H28N2O2S. The molecule has 1 fully saturated rings. The summed E-state index contributed by atoms with van der Waals surface area (Å²) < 4.78 is 11.2. The molecule has 2 rings (SSSR count). The first kappa shape index (κ1) is 16.9. The van der Waals surface area contributed by atoms with Crippen LogP contribution in [0.3, 0.4) is 0 Å². The summed E-state index contributed by atoms with van der Waals surface area (Å²) >= 11 is 1.79. The molecule has 0 aromatic carbocycles. The lowest BCUT2D eigenvalue weighted by atomic mass is 9.85. The van der Waals surface area contributed by atoms with E-state index in [1.54, 1.807) is 18.4 Å². The number of methoxy groups -OCH3 is 2. The molecule has 21 heavy (non-hydrogen) atoms. The van der Waals surface area contributed by atoms with Gasteiger partial charge in [-0.2, -0.15) is 0 Å². The summed E-state index contributed by atoms with van der Waals surface area (Å²) in [6.45, 7) is 5.75. The largest absolute Gasteiger partial charge is 0.378 e. The molecule has 0 bridgehead atoms. The van der Waals surface area contributed by atoms with Crippen molar-refractivity contribution in [2.24, 2.45) is 0 Å². The Labute approximate surface area is 132 Å². The summed E-state index contributed by atoms with van der Waals surface area (Å²) in [7, 11) is 3.56. The highest BCUT2D eigenvalue weighted by atomic mass is 32.1. The first-order valence-electron chi connectivity index (χ1n) is 7.88. The first-order chi connectivity index (χ1) is 10.1. The van der Waals surface area contributed by atoms with Crippen LogP contribution in [0.1, 0.15) is 61.5 Å². The highest BCUT2D eigenvalue weighted by Gasteiger charge is 2.37. The Morgan fingerprint density at radius 3 is 2.52 bits per heavy atom. The van der Waals surface area contributed by atoms with Gasteiger partial charge in [0.1, 0.15) is 10.6 Å². The SMILES string of the molecule is COCc1nc(C2(OC)CCCCC2)sc1CNC(C)C. The van der Waals surface area contributed by atoms with Gasteiger partial charge in [0, 0.05) is 31.7 Å². The Bertz CT molecular complexity index is 439. The lowest BCUT2D eigenvalue weighted by Gasteiger charge is -2.34. The molecule has 4 nitrogen and oxygen atoms in total. The molecule has 0 saturated heterocycles. The Morgan fingerprint density at radius 2 is 1.95 bits per heavy atom. The monoisotopic (exact) mass is 312 g/mol. The van der Waals surface area contributed by atoms with Gasteiger partial charge in [0.15, 0.2) is 0 Å². The molecule has 0 atom stereocenters. The number of thiazole rings is 1. The molecule has 1 N–H and O–H groups in total. The highest BCUT2D eigenvalue weighted by Crippen LogP contribution is 2.42. The van der Waals surface area contributed by atoms with Gasteiger partial charge in [-0.25, -0.2) is 4.98 Å². The van der Waals surface area contributed by atoms with E-state index in [9.17, 15) is 0 Å². The second kappa shape index (κ2) is 7.68. The van der Waals surface area contributed by atoms with Crippen molar-refractivity contribution in [3.63, 3.8) is 0 Å². The van der Waals surface area contributed by atoms with E-state index in [1.807, 2.05) is 7.11 Å². The third-order valence-corrected chi connectivity index (χ3v) is 5.45. The average molecular weight is 312 g/mol. The molecule has 5 heteroatoms. The summed E-state index contributed by atoms with van der Waals surface area (Å²) in [5.41, 5.74) is 0.897. The second-order valence-corrected chi connectivity index (χ2v) is 7.20. The Morgan fingerprint density at radius 1 is 1.24 bits per heavy atom. The molecule has 0 spiro atoms. The number of hydrogen-bond donors (Lipinski definition) is 1. The maximum Gasteiger partial charge on any atom is 0.125 e. The van der Waals surface area contributed by atoms with E-state index < -0.39 is 0 Å². The van der Waals surface area contributed by atoms with E-state index in [4.69, 9.17) is 14.5 Å². The molecule has 1 heterocycles. The predicted molar refractivity (Wildman–Crippen MR) is 86.6 cm³/mol. The third kappa shape index (κ3) is 4.03. The maximum atomic E-state index is 5.92. The van der Waals surface area contributed by atoms with Crippen molar-refractivity contribution in [1.82, 2.24) is 10.3 Å². The van der Waals surface area contributed by atoms with Gasteiger partial charge in [-0.15, -0.1) is 11.3 Å². The lowest BCUT2D eigenvalue weighted by Crippen LogP contribution is -2.31. The molecule has 1 saturated carbocycles. The van der Waals surface area contributed by atoms with Crippen LogP contribution in [0.25, 0.3) is 0 Å². The zero-order valence-electron chi connectivity index (χ0n) is 13.7. The number of rotatable bonds is 7. The minimum Gasteiger partial charge on any atom is -0.378 e. The quantitative estimate of drug-likeness (QED) is 0.835. The summed E-state index contributed by atoms with van der Waals surface area (Å²) in [6.07, 6.45) is 5.93.